The zero-order valence-electron chi connectivity index (χ0n) is 17.3. The second-order valence-corrected chi connectivity index (χ2v) is 7.88. The molecule has 3 aromatic carbocycles. The topological polar surface area (TPSA) is 71.3 Å². The van der Waals surface area contributed by atoms with Gasteiger partial charge in [0.2, 0.25) is 0 Å². The van der Waals surface area contributed by atoms with Crippen molar-refractivity contribution in [1.82, 2.24) is 0 Å². The van der Waals surface area contributed by atoms with Crippen molar-refractivity contribution in [2.75, 3.05) is 11.9 Å². The van der Waals surface area contributed by atoms with Gasteiger partial charge in [0.15, 0.2) is 11.5 Å². The monoisotopic (exact) mass is 510 g/mol. The van der Waals surface area contributed by atoms with Crippen LogP contribution in [0.5, 0.6) is 11.5 Å². The zero-order chi connectivity index (χ0) is 22.9. The van der Waals surface area contributed by atoms with Crippen LogP contribution in [0.4, 0.5) is 5.69 Å². The lowest BCUT2D eigenvalue weighted by atomic mass is 10.1. The van der Waals surface area contributed by atoms with Gasteiger partial charge in [0.1, 0.15) is 18.2 Å². The van der Waals surface area contributed by atoms with Gasteiger partial charge in [-0.15, -0.1) is 0 Å². The standard InChI is InChI=1S/C25H20BrClN2O3/c1-2-31-24-14-17(11-12-23(24)32-16-18-7-3-4-8-20(18)26)13-19(15-28)25(30)29-22-10-6-5-9-21(22)27/h3-14H,2,16H2,1H3,(H,29,30)/b19-13+. The Morgan fingerprint density at radius 1 is 1.09 bits per heavy atom. The number of benzene rings is 3. The van der Waals surface area contributed by atoms with Crippen LogP contribution in [0.25, 0.3) is 6.08 Å². The number of hydrogen-bond donors (Lipinski definition) is 1. The van der Waals surface area contributed by atoms with E-state index in [1.165, 1.54) is 6.08 Å². The van der Waals surface area contributed by atoms with E-state index in [9.17, 15) is 10.1 Å². The maximum Gasteiger partial charge on any atom is 0.266 e. The Morgan fingerprint density at radius 3 is 2.56 bits per heavy atom. The van der Waals surface area contributed by atoms with Gasteiger partial charge < -0.3 is 14.8 Å². The maximum absolute atomic E-state index is 12.5. The van der Waals surface area contributed by atoms with E-state index in [1.807, 2.05) is 37.3 Å². The summed E-state index contributed by atoms with van der Waals surface area (Å²) in [5.74, 6) is 0.545. The van der Waals surface area contributed by atoms with Crippen molar-refractivity contribution >= 4 is 45.2 Å². The molecule has 0 saturated heterocycles. The second kappa shape index (κ2) is 11.4. The van der Waals surface area contributed by atoms with Crippen LogP contribution in [0, 0.1) is 11.3 Å². The smallest absolute Gasteiger partial charge is 0.266 e. The fourth-order valence-corrected chi connectivity index (χ4v) is 3.42. The highest BCUT2D eigenvalue weighted by Crippen LogP contribution is 2.31. The Hall–Kier alpha value is -3.27. The average molecular weight is 512 g/mol. The fourth-order valence-electron chi connectivity index (χ4n) is 2.84. The lowest BCUT2D eigenvalue weighted by Crippen LogP contribution is -2.13. The summed E-state index contributed by atoms with van der Waals surface area (Å²) in [4.78, 5) is 12.5. The first kappa shape index (κ1) is 23.4. The number of anilines is 1. The number of para-hydroxylation sites is 1. The molecule has 5 nitrogen and oxygen atoms in total. The highest BCUT2D eigenvalue weighted by molar-refractivity contribution is 9.10. The van der Waals surface area contributed by atoms with Gasteiger partial charge in [0, 0.05) is 10.0 Å². The van der Waals surface area contributed by atoms with E-state index in [2.05, 4.69) is 21.2 Å². The lowest BCUT2D eigenvalue weighted by Gasteiger charge is -2.13. The third kappa shape index (κ3) is 6.13. The minimum Gasteiger partial charge on any atom is -0.490 e. The van der Waals surface area contributed by atoms with Gasteiger partial charge >= 0.3 is 0 Å². The number of nitriles is 1. The molecule has 0 unspecified atom stereocenters. The Labute approximate surface area is 200 Å². The van der Waals surface area contributed by atoms with Crippen LogP contribution >= 0.6 is 27.5 Å². The molecule has 3 rings (SSSR count). The van der Waals surface area contributed by atoms with E-state index in [4.69, 9.17) is 21.1 Å². The molecule has 32 heavy (non-hydrogen) atoms. The van der Waals surface area contributed by atoms with Gasteiger partial charge in [0.25, 0.3) is 5.91 Å². The highest BCUT2D eigenvalue weighted by Gasteiger charge is 2.13. The number of halogens is 2. The molecule has 3 aromatic rings. The average Bonchev–Trinajstić information content (AvgIpc) is 2.79. The zero-order valence-corrected chi connectivity index (χ0v) is 19.6. The maximum atomic E-state index is 12.5. The fraction of sp³-hybridized carbons (Fsp3) is 0.120. The predicted molar refractivity (Wildman–Crippen MR) is 130 cm³/mol. The molecule has 162 valence electrons. The minimum atomic E-state index is -0.548. The molecule has 0 aliphatic rings. The van der Waals surface area contributed by atoms with Gasteiger partial charge in [-0.05, 0) is 48.9 Å². The van der Waals surface area contributed by atoms with Gasteiger partial charge in [0.05, 0.1) is 17.3 Å². The predicted octanol–water partition coefficient (Wildman–Crippen LogP) is 6.63. The first-order valence-electron chi connectivity index (χ1n) is 9.82. The summed E-state index contributed by atoms with van der Waals surface area (Å²) in [7, 11) is 0. The number of amides is 1. The molecule has 1 N–H and O–H groups in total. The number of ether oxygens (including phenoxy) is 2. The Bertz CT molecular complexity index is 1190. The largest absolute Gasteiger partial charge is 0.490 e. The van der Waals surface area contributed by atoms with Crippen molar-refractivity contribution in [2.24, 2.45) is 0 Å². The van der Waals surface area contributed by atoms with E-state index in [0.29, 0.717) is 41.0 Å². The van der Waals surface area contributed by atoms with Crippen LogP contribution in [0.2, 0.25) is 5.02 Å². The molecule has 0 saturated carbocycles. The first-order chi connectivity index (χ1) is 15.5. The molecule has 0 heterocycles. The van der Waals surface area contributed by atoms with Crippen LogP contribution in [-0.2, 0) is 11.4 Å². The molecule has 0 aliphatic heterocycles. The Morgan fingerprint density at radius 2 is 1.84 bits per heavy atom. The lowest BCUT2D eigenvalue weighted by molar-refractivity contribution is -0.112. The molecule has 0 aromatic heterocycles. The molecular weight excluding hydrogens is 492 g/mol. The van der Waals surface area contributed by atoms with Crippen molar-refractivity contribution in [3.05, 3.63) is 92.9 Å². The van der Waals surface area contributed by atoms with Gasteiger partial charge in [-0.2, -0.15) is 5.26 Å². The highest BCUT2D eigenvalue weighted by atomic mass is 79.9. The number of rotatable bonds is 8. The van der Waals surface area contributed by atoms with E-state index < -0.39 is 5.91 Å². The summed E-state index contributed by atoms with van der Waals surface area (Å²) < 4.78 is 12.6. The van der Waals surface area contributed by atoms with Crippen molar-refractivity contribution in [3.63, 3.8) is 0 Å². The van der Waals surface area contributed by atoms with Crippen molar-refractivity contribution < 1.29 is 14.3 Å². The number of hydrogen-bond acceptors (Lipinski definition) is 4. The van der Waals surface area contributed by atoms with E-state index in [-0.39, 0.29) is 5.57 Å². The van der Waals surface area contributed by atoms with E-state index in [0.717, 1.165) is 10.0 Å². The first-order valence-corrected chi connectivity index (χ1v) is 11.0. The summed E-state index contributed by atoms with van der Waals surface area (Å²) in [6, 6.07) is 21.8. The van der Waals surface area contributed by atoms with Crippen LogP contribution in [0.15, 0.2) is 76.8 Å². The second-order valence-electron chi connectivity index (χ2n) is 6.62. The normalized spacial score (nSPS) is 10.9. The Kier molecular flexibility index (Phi) is 8.32. The summed E-state index contributed by atoms with van der Waals surface area (Å²) in [6.07, 6.45) is 1.49. The van der Waals surface area contributed by atoms with Crippen LogP contribution in [0.3, 0.4) is 0 Å². The summed E-state index contributed by atoms with van der Waals surface area (Å²) in [6.45, 7) is 2.68. The van der Waals surface area contributed by atoms with Gasteiger partial charge in [-0.25, -0.2) is 0 Å². The molecule has 0 aliphatic carbocycles. The minimum absolute atomic E-state index is 0.0609. The molecule has 1 amide bonds. The summed E-state index contributed by atoms with van der Waals surface area (Å²) >= 11 is 9.59. The molecule has 0 spiro atoms. The van der Waals surface area contributed by atoms with E-state index in [1.54, 1.807) is 42.5 Å². The quantitative estimate of drug-likeness (QED) is 0.272. The molecule has 0 bridgehead atoms. The summed E-state index contributed by atoms with van der Waals surface area (Å²) in [5, 5.41) is 12.5. The summed E-state index contributed by atoms with van der Waals surface area (Å²) in [5.41, 5.74) is 2.01. The van der Waals surface area contributed by atoms with E-state index >= 15 is 0 Å². The van der Waals surface area contributed by atoms with Gasteiger partial charge in [-0.1, -0.05) is 63.9 Å². The van der Waals surface area contributed by atoms with Crippen molar-refractivity contribution in [2.45, 2.75) is 13.5 Å². The number of carbonyl (C=O) groups excluding carboxylic acids is 1. The van der Waals surface area contributed by atoms with Crippen LogP contribution in [0.1, 0.15) is 18.1 Å². The molecular formula is C25H20BrClN2O3. The molecule has 0 atom stereocenters. The number of carbonyl (C=O) groups is 1. The van der Waals surface area contributed by atoms with Crippen LogP contribution in [-0.4, -0.2) is 12.5 Å². The molecule has 7 heteroatoms. The van der Waals surface area contributed by atoms with Crippen molar-refractivity contribution in [3.8, 4) is 17.6 Å². The molecule has 0 fully saturated rings. The number of nitrogens with zero attached hydrogens (tertiary/aromatic N) is 1. The SMILES string of the molecule is CCOc1cc(/C=C(\C#N)C(=O)Nc2ccccc2Cl)ccc1OCc1ccccc1Br. The van der Waals surface area contributed by atoms with Crippen molar-refractivity contribution in [1.29, 1.82) is 5.26 Å². The third-order valence-electron chi connectivity index (χ3n) is 4.41. The van der Waals surface area contributed by atoms with Crippen LogP contribution < -0.4 is 14.8 Å². The Balaban J connectivity index is 1.80. The third-order valence-corrected chi connectivity index (χ3v) is 5.51. The molecule has 0 radical (unpaired) electrons. The van der Waals surface area contributed by atoms with Gasteiger partial charge in [-0.3, -0.25) is 4.79 Å². The number of nitrogens with one attached hydrogen (secondary N) is 1.